The Bertz CT molecular complexity index is 96.5. The van der Waals surface area contributed by atoms with Gasteiger partial charge in [-0.1, -0.05) is 58.5 Å². The van der Waals surface area contributed by atoms with Crippen molar-refractivity contribution in [2.24, 2.45) is 0 Å². The van der Waals surface area contributed by atoms with Crippen LogP contribution in [0, 0.1) is 0 Å². The molecule has 0 saturated carbocycles. The average molecular weight is 203 g/mol. The lowest BCUT2D eigenvalue weighted by atomic mass is 10.1. The topological polar surface area (TPSA) is 0 Å². The van der Waals surface area contributed by atoms with Crippen molar-refractivity contribution in [1.82, 2.24) is 0 Å². The Hall–Kier alpha value is 0.567. The maximum absolute atomic E-state index is 5.42. The molecule has 0 atom stereocenters. The predicted molar refractivity (Wildman–Crippen MR) is 63.3 cm³/mol. The third kappa shape index (κ3) is 10.6. The molecule has 0 saturated heterocycles. The van der Waals surface area contributed by atoms with Crippen LogP contribution >= 0.6 is 12.1 Å². The third-order valence-corrected chi connectivity index (χ3v) is 4.30. The quantitative estimate of drug-likeness (QED) is 0.414. The summed E-state index contributed by atoms with van der Waals surface area (Å²) in [4.78, 5) is 0. The fourth-order valence-corrected chi connectivity index (χ4v) is 2.87. The van der Waals surface area contributed by atoms with Gasteiger partial charge in [0.15, 0.2) is 0 Å². The first-order valence-corrected chi connectivity index (χ1v) is 9.60. The van der Waals surface area contributed by atoms with E-state index in [1.807, 2.05) is 0 Å². The van der Waals surface area contributed by atoms with Crippen molar-refractivity contribution in [2.45, 2.75) is 64.6 Å². The summed E-state index contributed by atoms with van der Waals surface area (Å²) in [6, 6.07) is 1.34. The zero-order chi connectivity index (χ0) is 9.45. The van der Waals surface area contributed by atoms with Gasteiger partial charge >= 0.3 is 0 Å². The zero-order valence-corrected chi connectivity index (χ0v) is 10.7. The van der Waals surface area contributed by atoms with Gasteiger partial charge in [0, 0.05) is 0 Å². The van der Waals surface area contributed by atoms with Gasteiger partial charge < -0.3 is 0 Å². The highest BCUT2D eigenvalue weighted by Crippen LogP contribution is 2.18. The van der Waals surface area contributed by atoms with Gasteiger partial charge in [0.25, 0.3) is 0 Å². The monoisotopic (exact) mass is 203 g/mol. The molecule has 73 valence electrons. The Kier molecular flexibility index (Phi) is 7.35. The highest BCUT2D eigenvalue weighted by molar-refractivity contribution is 8.14. The Morgan fingerprint density at radius 1 is 0.917 bits per heavy atom. The first-order chi connectivity index (χ1) is 5.56. The Morgan fingerprint density at radius 2 is 1.42 bits per heavy atom. The van der Waals surface area contributed by atoms with E-state index in [2.05, 4.69) is 20.0 Å². The van der Waals surface area contributed by atoms with Crippen LogP contribution in [0.1, 0.15) is 45.4 Å². The molecule has 0 aromatic heterocycles. The Morgan fingerprint density at radius 3 is 1.92 bits per heavy atom. The Labute approximate surface area is 84.2 Å². The van der Waals surface area contributed by atoms with Crippen molar-refractivity contribution >= 4 is 19.3 Å². The van der Waals surface area contributed by atoms with Crippen LogP contribution in [0.15, 0.2) is 0 Å². The van der Waals surface area contributed by atoms with E-state index in [-0.39, 0.29) is 0 Å². The minimum Gasteiger partial charge on any atom is -0.128 e. The molecule has 0 aromatic rings. The van der Waals surface area contributed by atoms with Crippen molar-refractivity contribution in [3.63, 3.8) is 0 Å². The molecular weight excluding hydrogens is 180 g/mol. The summed E-state index contributed by atoms with van der Waals surface area (Å²) >= 11 is 5.42. The van der Waals surface area contributed by atoms with Crippen LogP contribution < -0.4 is 0 Å². The molecule has 1 radical (unpaired) electrons. The third-order valence-electron chi connectivity index (χ3n) is 2.13. The van der Waals surface area contributed by atoms with E-state index in [1.165, 1.54) is 44.6 Å². The van der Waals surface area contributed by atoms with Gasteiger partial charge in [-0.25, -0.2) is 0 Å². The van der Waals surface area contributed by atoms with Crippen molar-refractivity contribution < 1.29 is 0 Å². The molecule has 2 heteroatoms. The SMILES string of the molecule is CCCCCCCC[Si](C)(C)[S]. The molecular formula is C10H23SSi. The van der Waals surface area contributed by atoms with E-state index < -0.39 is 7.22 Å². The summed E-state index contributed by atoms with van der Waals surface area (Å²) in [5, 5.41) is 0. The second kappa shape index (κ2) is 7.02. The van der Waals surface area contributed by atoms with Gasteiger partial charge in [0.2, 0.25) is 0 Å². The van der Waals surface area contributed by atoms with Crippen LogP contribution in [0.4, 0.5) is 0 Å². The zero-order valence-electron chi connectivity index (χ0n) is 8.86. The second-order valence-corrected chi connectivity index (χ2v) is 11.6. The molecule has 0 heterocycles. The number of hydrogen-bond donors (Lipinski definition) is 0. The van der Waals surface area contributed by atoms with Crippen LogP contribution in [-0.2, 0) is 0 Å². The lowest BCUT2D eigenvalue weighted by Crippen LogP contribution is -2.15. The summed E-state index contributed by atoms with van der Waals surface area (Å²) in [5.41, 5.74) is 0. The Balaban J connectivity index is 3.01. The minimum absolute atomic E-state index is 1.14. The molecule has 0 rings (SSSR count). The molecule has 0 bridgehead atoms. The maximum atomic E-state index is 5.42. The highest BCUT2D eigenvalue weighted by Gasteiger charge is 2.14. The number of hydrogen-bond acceptors (Lipinski definition) is 0. The second-order valence-electron chi connectivity index (χ2n) is 4.28. The van der Waals surface area contributed by atoms with E-state index >= 15 is 0 Å². The van der Waals surface area contributed by atoms with E-state index in [9.17, 15) is 0 Å². The fraction of sp³-hybridized carbons (Fsp3) is 1.00. The van der Waals surface area contributed by atoms with Crippen LogP contribution in [0.5, 0.6) is 0 Å². The predicted octanol–water partition coefficient (Wildman–Crippen LogP) is 4.75. The summed E-state index contributed by atoms with van der Waals surface area (Å²) in [5.74, 6) is 0. The first kappa shape index (κ1) is 12.6. The molecule has 0 spiro atoms. The van der Waals surface area contributed by atoms with Crippen molar-refractivity contribution in [3.8, 4) is 0 Å². The van der Waals surface area contributed by atoms with Gasteiger partial charge in [-0.05, 0) is 6.04 Å². The molecule has 12 heavy (non-hydrogen) atoms. The van der Waals surface area contributed by atoms with E-state index in [4.69, 9.17) is 12.1 Å². The molecule has 0 amide bonds. The number of rotatable bonds is 7. The van der Waals surface area contributed by atoms with Gasteiger partial charge in [-0.3, -0.25) is 0 Å². The van der Waals surface area contributed by atoms with Gasteiger partial charge in [-0.15, -0.1) is 12.1 Å². The van der Waals surface area contributed by atoms with E-state index in [0.717, 1.165) is 0 Å². The minimum atomic E-state index is -1.14. The summed E-state index contributed by atoms with van der Waals surface area (Å²) in [6.45, 7) is 6.84. The van der Waals surface area contributed by atoms with E-state index in [0.29, 0.717) is 0 Å². The molecule has 0 N–H and O–H groups in total. The van der Waals surface area contributed by atoms with Crippen molar-refractivity contribution in [3.05, 3.63) is 0 Å². The standard InChI is InChI=1S/C10H23SSi/c1-4-5-6-7-8-9-10-12(2,3)11/h4-10H2,1-3H3. The number of unbranched alkanes of at least 4 members (excludes halogenated alkanes) is 5. The van der Waals surface area contributed by atoms with Crippen LogP contribution in [0.2, 0.25) is 19.1 Å². The average Bonchev–Trinajstić information content (AvgIpc) is 1.94. The molecule has 0 aliphatic carbocycles. The lowest BCUT2D eigenvalue weighted by Gasteiger charge is -2.12. The van der Waals surface area contributed by atoms with Gasteiger partial charge in [-0.2, -0.15) is 0 Å². The van der Waals surface area contributed by atoms with Crippen LogP contribution in [-0.4, -0.2) is 7.22 Å². The van der Waals surface area contributed by atoms with Gasteiger partial charge in [0.05, 0.1) is 0 Å². The van der Waals surface area contributed by atoms with Crippen LogP contribution in [0.3, 0.4) is 0 Å². The summed E-state index contributed by atoms with van der Waals surface area (Å²) in [6.07, 6.45) is 8.40. The molecule has 0 aromatic carbocycles. The van der Waals surface area contributed by atoms with Crippen molar-refractivity contribution in [1.29, 1.82) is 0 Å². The molecule has 0 aliphatic rings. The normalized spacial score (nSPS) is 12.0. The van der Waals surface area contributed by atoms with Crippen LogP contribution in [0.25, 0.3) is 0 Å². The summed E-state index contributed by atoms with van der Waals surface area (Å²) < 4.78 is 0. The molecule has 0 unspecified atom stereocenters. The van der Waals surface area contributed by atoms with Gasteiger partial charge in [0.1, 0.15) is 7.22 Å². The maximum Gasteiger partial charge on any atom is 0.124 e. The largest absolute Gasteiger partial charge is 0.128 e. The first-order valence-electron chi connectivity index (χ1n) is 5.26. The highest BCUT2D eigenvalue weighted by atomic mass is 32.3. The van der Waals surface area contributed by atoms with E-state index in [1.54, 1.807) is 0 Å². The molecule has 0 aliphatic heterocycles. The summed E-state index contributed by atoms with van der Waals surface area (Å²) in [7, 11) is -1.14. The lowest BCUT2D eigenvalue weighted by molar-refractivity contribution is 0.623. The van der Waals surface area contributed by atoms with Crippen molar-refractivity contribution in [2.75, 3.05) is 0 Å². The molecule has 0 fully saturated rings. The fourth-order valence-electron chi connectivity index (χ4n) is 1.33. The smallest absolute Gasteiger partial charge is 0.124 e. The molecule has 0 nitrogen and oxygen atoms in total.